The molecule has 3 fully saturated rings. The predicted octanol–water partition coefficient (Wildman–Crippen LogP) is 5.20. The molecular formula is C29H39ClN6O4S. The number of morpholine rings is 1. The third-order valence-electron chi connectivity index (χ3n) is 8.62. The van der Waals surface area contributed by atoms with Crippen LogP contribution in [0.2, 0.25) is 5.02 Å². The number of aromatic nitrogens is 2. The number of nitrogens with one attached hydrogen (secondary N) is 3. The molecule has 41 heavy (non-hydrogen) atoms. The van der Waals surface area contributed by atoms with Crippen molar-refractivity contribution >= 4 is 49.9 Å². The second kappa shape index (κ2) is 12.3. The van der Waals surface area contributed by atoms with Gasteiger partial charge in [-0.15, -0.1) is 0 Å². The van der Waals surface area contributed by atoms with Crippen LogP contribution in [0.15, 0.2) is 35.4 Å². The van der Waals surface area contributed by atoms with Crippen molar-refractivity contribution in [1.29, 1.82) is 0 Å². The SMILES string of the molecule is COc1cc(S(=O)(=O)N2CCC(N3CCOCC3)CC2)ccc1Nc1cc(NC2CCCCC2)c2c(Cl)c[nH]c2n1. The molecule has 0 unspecified atom stereocenters. The summed E-state index contributed by atoms with van der Waals surface area (Å²) in [6.07, 6.45) is 9.37. The molecule has 0 radical (unpaired) electrons. The quantitative estimate of drug-likeness (QED) is 0.323. The number of rotatable bonds is 8. The number of aromatic amines is 1. The number of anilines is 3. The van der Waals surface area contributed by atoms with Crippen LogP contribution in [0.3, 0.4) is 0 Å². The molecule has 0 amide bonds. The lowest BCUT2D eigenvalue weighted by molar-refractivity contribution is 0.00610. The summed E-state index contributed by atoms with van der Waals surface area (Å²) in [6, 6.07) is 7.73. The molecule has 12 heteroatoms. The summed E-state index contributed by atoms with van der Waals surface area (Å²) in [6.45, 7) is 4.34. The molecule has 0 bridgehead atoms. The fourth-order valence-electron chi connectivity index (χ4n) is 6.35. The molecule has 0 atom stereocenters. The molecule has 3 aliphatic rings. The van der Waals surface area contributed by atoms with Gasteiger partial charge in [-0.05, 0) is 37.8 Å². The standard InChI is InChI=1S/C29H39ClN6O4S/c1-39-26-17-22(41(37,38)36-11-9-21(10-12-36)35-13-15-40-16-14-35)7-8-24(26)33-27-18-25(32-20-5-3-2-4-6-20)28-23(30)19-31-29(28)34-27/h7-8,17-21H,2-6,9-16H2,1H3,(H3,31,32,33,34). The minimum Gasteiger partial charge on any atom is -0.495 e. The van der Waals surface area contributed by atoms with E-state index in [1.54, 1.807) is 35.8 Å². The molecule has 2 aromatic heterocycles. The van der Waals surface area contributed by atoms with E-state index in [1.807, 2.05) is 6.07 Å². The number of H-pyrrole nitrogens is 1. The number of hydrogen-bond acceptors (Lipinski definition) is 8. The first-order chi connectivity index (χ1) is 19.9. The van der Waals surface area contributed by atoms with Crippen molar-refractivity contribution in [3.05, 3.63) is 35.5 Å². The Kier molecular flexibility index (Phi) is 8.60. The van der Waals surface area contributed by atoms with E-state index in [0.29, 0.717) is 53.1 Å². The highest BCUT2D eigenvalue weighted by Crippen LogP contribution is 2.36. The van der Waals surface area contributed by atoms with E-state index in [-0.39, 0.29) is 4.90 Å². The van der Waals surface area contributed by atoms with Gasteiger partial charge in [0, 0.05) is 56.6 Å². The van der Waals surface area contributed by atoms with E-state index in [4.69, 9.17) is 26.1 Å². The normalized spacial score (nSPS) is 20.3. The first-order valence-electron chi connectivity index (χ1n) is 14.6. The highest BCUT2D eigenvalue weighted by atomic mass is 35.5. The van der Waals surface area contributed by atoms with E-state index in [0.717, 1.165) is 63.1 Å². The van der Waals surface area contributed by atoms with Crippen LogP contribution in [0.4, 0.5) is 17.2 Å². The summed E-state index contributed by atoms with van der Waals surface area (Å²) >= 11 is 6.51. The monoisotopic (exact) mass is 602 g/mol. The number of fused-ring (bicyclic) bond motifs is 1. The number of methoxy groups -OCH3 is 1. The summed E-state index contributed by atoms with van der Waals surface area (Å²) < 4.78 is 39.9. The fraction of sp³-hybridized carbons (Fsp3) is 0.552. The molecule has 3 aromatic rings. The van der Waals surface area contributed by atoms with E-state index < -0.39 is 10.0 Å². The zero-order valence-electron chi connectivity index (χ0n) is 23.5. The lowest BCUT2D eigenvalue weighted by Crippen LogP contribution is -2.50. The van der Waals surface area contributed by atoms with Gasteiger partial charge >= 0.3 is 0 Å². The Morgan fingerprint density at radius 2 is 1.78 bits per heavy atom. The van der Waals surface area contributed by atoms with Crippen LogP contribution in [-0.4, -0.2) is 86.2 Å². The number of benzene rings is 1. The van der Waals surface area contributed by atoms with Crippen molar-refractivity contribution in [2.24, 2.45) is 0 Å². The summed E-state index contributed by atoms with van der Waals surface area (Å²) in [7, 11) is -2.11. The van der Waals surface area contributed by atoms with Crippen LogP contribution in [0.5, 0.6) is 5.75 Å². The fourth-order valence-corrected chi connectivity index (χ4v) is 8.08. The average Bonchev–Trinajstić information content (AvgIpc) is 3.38. The zero-order valence-corrected chi connectivity index (χ0v) is 25.1. The molecule has 222 valence electrons. The number of piperidine rings is 1. The molecule has 1 aliphatic carbocycles. The Morgan fingerprint density at radius 1 is 1.02 bits per heavy atom. The maximum Gasteiger partial charge on any atom is 0.243 e. The summed E-state index contributed by atoms with van der Waals surface area (Å²) in [5.41, 5.74) is 2.23. The summed E-state index contributed by atoms with van der Waals surface area (Å²) in [4.78, 5) is 10.5. The van der Waals surface area contributed by atoms with E-state index in [9.17, 15) is 8.42 Å². The van der Waals surface area contributed by atoms with Crippen molar-refractivity contribution in [2.45, 2.75) is 61.9 Å². The van der Waals surface area contributed by atoms with Crippen molar-refractivity contribution in [3.63, 3.8) is 0 Å². The van der Waals surface area contributed by atoms with Crippen LogP contribution < -0.4 is 15.4 Å². The van der Waals surface area contributed by atoms with Gasteiger partial charge in [0.2, 0.25) is 10.0 Å². The first kappa shape index (κ1) is 28.5. The van der Waals surface area contributed by atoms with Crippen LogP contribution in [0.1, 0.15) is 44.9 Å². The number of halogens is 1. The van der Waals surface area contributed by atoms with Crippen LogP contribution in [-0.2, 0) is 14.8 Å². The molecule has 2 aliphatic heterocycles. The Labute approximate surface area is 246 Å². The minimum absolute atomic E-state index is 0.226. The molecule has 6 rings (SSSR count). The molecule has 10 nitrogen and oxygen atoms in total. The van der Waals surface area contributed by atoms with Crippen LogP contribution >= 0.6 is 11.6 Å². The second-order valence-corrected chi connectivity index (χ2v) is 13.5. The largest absolute Gasteiger partial charge is 0.495 e. The van der Waals surface area contributed by atoms with Gasteiger partial charge in [0.15, 0.2) is 0 Å². The van der Waals surface area contributed by atoms with Crippen molar-refractivity contribution in [3.8, 4) is 5.75 Å². The smallest absolute Gasteiger partial charge is 0.243 e. The Bertz CT molecular complexity index is 1460. The van der Waals surface area contributed by atoms with Crippen molar-refractivity contribution < 1.29 is 17.9 Å². The molecule has 1 aromatic carbocycles. The minimum atomic E-state index is -3.65. The Hall–Kier alpha value is -2.57. The predicted molar refractivity (Wildman–Crippen MR) is 162 cm³/mol. The van der Waals surface area contributed by atoms with Crippen LogP contribution in [0.25, 0.3) is 11.0 Å². The van der Waals surface area contributed by atoms with E-state index >= 15 is 0 Å². The highest BCUT2D eigenvalue weighted by Gasteiger charge is 2.32. The number of hydrogen-bond donors (Lipinski definition) is 3. The molecule has 2 saturated heterocycles. The Balaban J connectivity index is 1.19. The highest BCUT2D eigenvalue weighted by molar-refractivity contribution is 7.89. The van der Waals surface area contributed by atoms with Crippen molar-refractivity contribution in [2.75, 3.05) is 57.1 Å². The van der Waals surface area contributed by atoms with E-state index in [1.165, 1.54) is 19.3 Å². The number of pyridine rings is 1. The molecule has 0 spiro atoms. The van der Waals surface area contributed by atoms with Gasteiger partial charge < -0.3 is 25.1 Å². The molecule has 1 saturated carbocycles. The third kappa shape index (κ3) is 6.15. The third-order valence-corrected chi connectivity index (χ3v) is 10.8. The zero-order chi connectivity index (χ0) is 28.4. The van der Waals surface area contributed by atoms with Crippen molar-refractivity contribution in [1.82, 2.24) is 19.2 Å². The van der Waals surface area contributed by atoms with Crippen LogP contribution in [0, 0.1) is 0 Å². The van der Waals surface area contributed by atoms with Gasteiger partial charge in [-0.3, -0.25) is 4.90 Å². The van der Waals surface area contributed by atoms with Gasteiger partial charge in [-0.25, -0.2) is 13.4 Å². The lowest BCUT2D eigenvalue weighted by atomic mass is 9.95. The topological polar surface area (TPSA) is 112 Å². The molecule has 3 N–H and O–H groups in total. The average molecular weight is 603 g/mol. The molecular weight excluding hydrogens is 564 g/mol. The van der Waals surface area contributed by atoms with Gasteiger partial charge in [-0.2, -0.15) is 4.31 Å². The van der Waals surface area contributed by atoms with E-state index in [2.05, 4.69) is 20.5 Å². The number of nitrogens with zero attached hydrogens (tertiary/aromatic N) is 3. The lowest BCUT2D eigenvalue weighted by Gasteiger charge is -2.39. The van der Waals surface area contributed by atoms with Gasteiger partial charge in [0.05, 0.1) is 47.0 Å². The maximum absolute atomic E-state index is 13.6. The summed E-state index contributed by atoms with van der Waals surface area (Å²) in [5, 5.41) is 8.52. The number of sulfonamides is 1. The first-order valence-corrected chi connectivity index (χ1v) is 16.5. The summed E-state index contributed by atoms with van der Waals surface area (Å²) in [5.74, 6) is 1.04. The second-order valence-electron chi connectivity index (χ2n) is 11.2. The van der Waals surface area contributed by atoms with Gasteiger partial charge in [-0.1, -0.05) is 30.9 Å². The Morgan fingerprint density at radius 3 is 2.51 bits per heavy atom. The maximum atomic E-state index is 13.6. The molecule has 4 heterocycles. The van der Waals surface area contributed by atoms with Gasteiger partial charge in [0.1, 0.15) is 17.2 Å². The number of ether oxygens (including phenoxy) is 2. The van der Waals surface area contributed by atoms with Gasteiger partial charge in [0.25, 0.3) is 0 Å².